The van der Waals surface area contributed by atoms with Crippen LogP contribution in [0.1, 0.15) is 43.1 Å². The van der Waals surface area contributed by atoms with E-state index in [1.165, 1.54) is 10.7 Å². The van der Waals surface area contributed by atoms with Gasteiger partial charge in [-0.05, 0) is 61.7 Å². The number of amides is 1. The van der Waals surface area contributed by atoms with Gasteiger partial charge in [0.15, 0.2) is 0 Å². The van der Waals surface area contributed by atoms with Gasteiger partial charge in [-0.2, -0.15) is 5.10 Å². The first kappa shape index (κ1) is 25.2. The Labute approximate surface area is 205 Å². The van der Waals surface area contributed by atoms with Crippen LogP contribution in [0, 0.1) is 0 Å². The van der Waals surface area contributed by atoms with Gasteiger partial charge in [-0.3, -0.25) is 14.6 Å². The minimum absolute atomic E-state index is 0.229. The molecule has 0 aliphatic carbocycles. The summed E-state index contributed by atoms with van der Waals surface area (Å²) in [5, 5.41) is 7.29. The molecule has 0 fully saturated rings. The maximum atomic E-state index is 12.8. The van der Waals surface area contributed by atoms with E-state index in [2.05, 4.69) is 33.9 Å². The van der Waals surface area contributed by atoms with Crippen molar-refractivity contribution in [1.29, 1.82) is 0 Å². The van der Waals surface area contributed by atoms with E-state index in [0.29, 0.717) is 17.1 Å². The summed E-state index contributed by atoms with van der Waals surface area (Å²) in [7, 11) is 0. The third-order valence-corrected chi connectivity index (χ3v) is 5.15. The first-order valence-corrected chi connectivity index (χ1v) is 11.3. The van der Waals surface area contributed by atoms with E-state index in [-0.39, 0.29) is 18.0 Å². The molecule has 0 radical (unpaired) electrons. The highest BCUT2D eigenvalue weighted by atomic mass is 16.1. The van der Waals surface area contributed by atoms with Crippen molar-refractivity contribution in [3.63, 3.8) is 0 Å². The fourth-order valence-electron chi connectivity index (χ4n) is 3.38. The summed E-state index contributed by atoms with van der Waals surface area (Å²) in [6.45, 7) is 9.72. The topological polar surface area (TPSA) is 89.2 Å². The molecule has 0 spiro atoms. The SMILES string of the molecule is C=CC(/C=C\CC)=C(/C)N=C(C)NC(=O)c1cccc(Cn2nc(-c3cccnc3)ccc2=O)c1. The van der Waals surface area contributed by atoms with E-state index in [1.807, 2.05) is 37.3 Å². The van der Waals surface area contributed by atoms with Gasteiger partial charge in [0, 0.05) is 35.3 Å². The first-order chi connectivity index (χ1) is 16.9. The minimum atomic E-state index is -0.283. The minimum Gasteiger partial charge on any atom is -0.310 e. The second-order valence-corrected chi connectivity index (χ2v) is 7.86. The normalized spacial score (nSPS) is 12.4. The molecule has 0 aliphatic rings. The summed E-state index contributed by atoms with van der Waals surface area (Å²) in [6, 6.07) is 14.0. The van der Waals surface area contributed by atoms with Crippen molar-refractivity contribution in [2.45, 2.75) is 33.7 Å². The van der Waals surface area contributed by atoms with Crippen molar-refractivity contribution in [2.75, 3.05) is 0 Å². The zero-order valence-corrected chi connectivity index (χ0v) is 20.2. The number of aromatic nitrogens is 3. The molecule has 0 atom stereocenters. The number of pyridine rings is 1. The number of hydrogen-bond acceptors (Lipinski definition) is 5. The predicted molar refractivity (Wildman–Crippen MR) is 140 cm³/mol. The van der Waals surface area contributed by atoms with Gasteiger partial charge < -0.3 is 5.32 Å². The lowest BCUT2D eigenvalue weighted by Crippen LogP contribution is -2.28. The summed E-state index contributed by atoms with van der Waals surface area (Å²) in [4.78, 5) is 33.8. The van der Waals surface area contributed by atoms with E-state index in [1.54, 1.807) is 49.7 Å². The Bertz CT molecular complexity index is 1350. The molecule has 1 aromatic carbocycles. The molecular weight excluding hydrogens is 438 g/mol. The Hall–Kier alpha value is -4.39. The molecule has 0 saturated heterocycles. The second-order valence-electron chi connectivity index (χ2n) is 7.86. The largest absolute Gasteiger partial charge is 0.310 e. The van der Waals surface area contributed by atoms with Crippen molar-refractivity contribution in [3.8, 4) is 11.3 Å². The highest BCUT2D eigenvalue weighted by Gasteiger charge is 2.10. The van der Waals surface area contributed by atoms with E-state index < -0.39 is 0 Å². The van der Waals surface area contributed by atoms with Gasteiger partial charge >= 0.3 is 0 Å². The number of allylic oxidation sites excluding steroid dienone is 5. The number of hydrogen-bond donors (Lipinski definition) is 1. The maximum absolute atomic E-state index is 12.8. The van der Waals surface area contributed by atoms with Crippen LogP contribution in [0.2, 0.25) is 0 Å². The summed E-state index contributed by atoms with van der Waals surface area (Å²) in [5.41, 5.74) is 4.13. The molecule has 2 heterocycles. The standard InChI is InChI=1S/C28H29N5O2/c1-5-7-11-23(6-2)20(3)30-21(4)31-28(35)24-12-8-10-22(17-24)19-33-27(34)15-14-26(32-33)25-13-9-16-29-18-25/h6-18H,2,5,19H2,1,3-4H3,(H,30,31,35)/b11-7-,23-20+. The molecule has 0 aliphatic heterocycles. The van der Waals surface area contributed by atoms with Crippen LogP contribution in [0.15, 0.2) is 107 Å². The molecule has 0 bridgehead atoms. The average Bonchev–Trinajstić information content (AvgIpc) is 2.86. The summed E-state index contributed by atoms with van der Waals surface area (Å²) >= 11 is 0. The summed E-state index contributed by atoms with van der Waals surface area (Å²) in [5.74, 6) is 0.193. The van der Waals surface area contributed by atoms with Gasteiger partial charge in [0.05, 0.1) is 12.2 Å². The molecule has 35 heavy (non-hydrogen) atoms. The van der Waals surface area contributed by atoms with Crippen LogP contribution >= 0.6 is 0 Å². The summed E-state index contributed by atoms with van der Waals surface area (Å²) < 4.78 is 1.38. The number of nitrogens with one attached hydrogen (secondary N) is 1. The van der Waals surface area contributed by atoms with Crippen molar-refractivity contribution in [1.82, 2.24) is 20.1 Å². The molecule has 3 rings (SSSR count). The number of amidine groups is 1. The van der Waals surface area contributed by atoms with Crippen LogP contribution < -0.4 is 10.9 Å². The van der Waals surface area contributed by atoms with E-state index >= 15 is 0 Å². The van der Waals surface area contributed by atoms with Crippen molar-refractivity contribution >= 4 is 11.7 Å². The van der Waals surface area contributed by atoms with Gasteiger partial charge in [0.25, 0.3) is 11.5 Å². The van der Waals surface area contributed by atoms with E-state index in [4.69, 9.17) is 0 Å². The number of aliphatic imine (C=N–C) groups is 1. The van der Waals surface area contributed by atoms with Crippen molar-refractivity contribution in [3.05, 3.63) is 118 Å². The number of carbonyl (C=O) groups is 1. The Kier molecular flexibility index (Phi) is 8.78. The van der Waals surface area contributed by atoms with E-state index in [9.17, 15) is 9.59 Å². The Balaban J connectivity index is 1.78. The van der Waals surface area contributed by atoms with Gasteiger partial charge in [-0.1, -0.05) is 43.9 Å². The van der Waals surface area contributed by atoms with Crippen molar-refractivity contribution < 1.29 is 4.79 Å². The first-order valence-electron chi connectivity index (χ1n) is 11.3. The lowest BCUT2D eigenvalue weighted by molar-refractivity contribution is 0.0976. The third-order valence-electron chi connectivity index (χ3n) is 5.15. The second kappa shape index (κ2) is 12.2. The van der Waals surface area contributed by atoms with E-state index in [0.717, 1.165) is 28.8 Å². The van der Waals surface area contributed by atoms with Crippen LogP contribution in [-0.4, -0.2) is 26.5 Å². The fourth-order valence-corrected chi connectivity index (χ4v) is 3.38. The molecule has 0 unspecified atom stereocenters. The molecule has 7 nitrogen and oxygen atoms in total. The van der Waals surface area contributed by atoms with Crippen LogP contribution in [-0.2, 0) is 6.54 Å². The molecule has 3 aromatic rings. The highest BCUT2D eigenvalue weighted by Crippen LogP contribution is 2.14. The van der Waals surface area contributed by atoms with Gasteiger partial charge in [-0.15, -0.1) is 0 Å². The highest BCUT2D eigenvalue weighted by molar-refractivity contribution is 6.06. The molecular formula is C28H29N5O2. The summed E-state index contributed by atoms with van der Waals surface area (Å²) in [6.07, 6.45) is 10.0. The Morgan fingerprint density at radius 3 is 2.71 bits per heavy atom. The predicted octanol–water partition coefficient (Wildman–Crippen LogP) is 4.93. The number of rotatable bonds is 8. The van der Waals surface area contributed by atoms with Gasteiger partial charge in [0.1, 0.15) is 5.84 Å². The average molecular weight is 468 g/mol. The number of carbonyl (C=O) groups excluding carboxylic acids is 1. The maximum Gasteiger partial charge on any atom is 0.267 e. The van der Waals surface area contributed by atoms with Crippen LogP contribution in [0.25, 0.3) is 11.3 Å². The zero-order chi connectivity index (χ0) is 25.2. The fraction of sp³-hybridized carbons (Fsp3) is 0.179. The van der Waals surface area contributed by atoms with Crippen LogP contribution in [0.5, 0.6) is 0 Å². The molecule has 0 saturated carbocycles. The Morgan fingerprint density at radius 1 is 1.17 bits per heavy atom. The van der Waals surface area contributed by atoms with Crippen LogP contribution in [0.4, 0.5) is 0 Å². The molecule has 7 heteroatoms. The molecule has 1 amide bonds. The molecule has 178 valence electrons. The zero-order valence-electron chi connectivity index (χ0n) is 20.2. The lowest BCUT2D eigenvalue weighted by atomic mass is 10.1. The van der Waals surface area contributed by atoms with Gasteiger partial charge in [-0.25, -0.2) is 9.67 Å². The molecule has 2 aromatic heterocycles. The number of nitrogens with zero attached hydrogens (tertiary/aromatic N) is 4. The Morgan fingerprint density at radius 2 is 2.00 bits per heavy atom. The van der Waals surface area contributed by atoms with Crippen LogP contribution in [0.3, 0.4) is 0 Å². The monoisotopic (exact) mass is 467 g/mol. The smallest absolute Gasteiger partial charge is 0.267 e. The third kappa shape index (κ3) is 7.04. The quantitative estimate of drug-likeness (QED) is 0.289. The van der Waals surface area contributed by atoms with Gasteiger partial charge in [0.2, 0.25) is 0 Å². The number of benzene rings is 1. The lowest BCUT2D eigenvalue weighted by Gasteiger charge is -2.09. The van der Waals surface area contributed by atoms with Crippen molar-refractivity contribution in [2.24, 2.45) is 4.99 Å². The molecule has 1 N–H and O–H groups in total.